The van der Waals surface area contributed by atoms with Crippen LogP contribution < -0.4 is 5.32 Å². The summed E-state index contributed by atoms with van der Waals surface area (Å²) in [7, 11) is 1.00. The van der Waals surface area contributed by atoms with Gasteiger partial charge in [0.25, 0.3) is 0 Å². The second kappa shape index (κ2) is 9.54. The molecule has 4 aromatic heterocycles. The van der Waals surface area contributed by atoms with E-state index in [0.29, 0.717) is 6.04 Å². The maximum absolute atomic E-state index is 7.00. The normalized spacial score (nSPS) is 16.8. The third-order valence-electron chi connectivity index (χ3n) is 5.51. The molecule has 9 nitrogen and oxygen atoms in total. The number of aryl methyl sites for hydroxylation is 1. The summed E-state index contributed by atoms with van der Waals surface area (Å²) in [6, 6.07) is 2.76. The Balaban J connectivity index is 0.00000112. The highest BCUT2D eigenvalue weighted by Crippen LogP contribution is 2.28. The van der Waals surface area contributed by atoms with Crippen LogP contribution in [0, 0.1) is 6.92 Å². The molecule has 31 heavy (non-hydrogen) atoms. The Hall–Kier alpha value is -2.82. The van der Waals surface area contributed by atoms with Crippen molar-refractivity contribution < 1.29 is 5.11 Å². The molecular weight excluding hydrogens is 412 g/mol. The number of aliphatic hydroxyl groups excluding tert-OH is 1. The number of nitrogens with one attached hydrogen (secondary N) is 2. The zero-order valence-corrected chi connectivity index (χ0v) is 18.9. The van der Waals surface area contributed by atoms with Crippen LogP contribution in [-0.4, -0.2) is 58.6 Å². The van der Waals surface area contributed by atoms with Crippen LogP contribution in [0.4, 0.5) is 10.8 Å². The van der Waals surface area contributed by atoms with Gasteiger partial charge in [-0.25, -0.2) is 9.97 Å². The van der Waals surface area contributed by atoms with Gasteiger partial charge in [0.15, 0.2) is 11.5 Å². The average Bonchev–Trinajstić information content (AvgIpc) is 3.52. The molecule has 1 aliphatic heterocycles. The standard InChI is InChI=1S/C20H24N8S.CH4O/c1-13-11-28-17(15-8-22-23-9-15)10-21-20(28)19(24-13)25-18-7-16(26-29-18)12-27-6-4-3-5-14(27)2;1-2/h7-11,14H,3-6,12H2,1-2H3,(H,22,23)(H,24,25);2H,1H3. The Morgan fingerprint density at radius 1 is 1.29 bits per heavy atom. The summed E-state index contributed by atoms with van der Waals surface area (Å²) in [5, 5.41) is 18.3. The number of aliphatic hydroxyl groups is 1. The topological polar surface area (TPSA) is 107 Å². The van der Waals surface area contributed by atoms with Gasteiger partial charge in [0, 0.05) is 37.7 Å². The van der Waals surface area contributed by atoms with Gasteiger partial charge in [0.1, 0.15) is 5.00 Å². The maximum atomic E-state index is 7.00. The van der Waals surface area contributed by atoms with Gasteiger partial charge in [-0.15, -0.1) is 0 Å². The summed E-state index contributed by atoms with van der Waals surface area (Å²) in [5.41, 5.74) is 4.77. The Morgan fingerprint density at radius 2 is 2.16 bits per heavy atom. The molecule has 1 fully saturated rings. The molecule has 0 spiro atoms. The summed E-state index contributed by atoms with van der Waals surface area (Å²) in [4.78, 5) is 11.8. The fourth-order valence-corrected chi connectivity index (χ4v) is 4.62. The highest BCUT2D eigenvalue weighted by Gasteiger charge is 2.19. The minimum absolute atomic E-state index is 0.631. The van der Waals surface area contributed by atoms with Gasteiger partial charge in [-0.05, 0) is 50.8 Å². The second-order valence-corrected chi connectivity index (χ2v) is 8.48. The predicted molar refractivity (Wildman–Crippen MR) is 123 cm³/mol. The van der Waals surface area contributed by atoms with Crippen molar-refractivity contribution in [3.63, 3.8) is 0 Å². The van der Waals surface area contributed by atoms with E-state index in [2.05, 4.69) is 47.7 Å². The van der Waals surface area contributed by atoms with E-state index in [1.807, 2.05) is 29.9 Å². The van der Waals surface area contributed by atoms with E-state index < -0.39 is 0 Å². The van der Waals surface area contributed by atoms with Gasteiger partial charge in [0.05, 0.1) is 29.5 Å². The van der Waals surface area contributed by atoms with Crippen molar-refractivity contribution in [2.75, 3.05) is 19.0 Å². The summed E-state index contributed by atoms with van der Waals surface area (Å²) >= 11 is 1.47. The molecule has 4 aromatic rings. The molecule has 0 saturated carbocycles. The molecule has 164 valence electrons. The fraction of sp³-hybridized carbons (Fsp3) is 0.429. The van der Waals surface area contributed by atoms with Gasteiger partial charge in [-0.1, -0.05) is 6.42 Å². The number of aromatic amines is 1. The number of H-pyrrole nitrogens is 1. The Labute approximate surface area is 185 Å². The first-order chi connectivity index (χ1) is 15.2. The smallest absolute Gasteiger partial charge is 0.180 e. The number of nitrogens with zero attached hydrogens (tertiary/aromatic N) is 6. The monoisotopic (exact) mass is 440 g/mol. The lowest BCUT2D eigenvalue weighted by Crippen LogP contribution is -2.36. The number of rotatable bonds is 5. The van der Waals surface area contributed by atoms with Crippen molar-refractivity contribution in [2.24, 2.45) is 0 Å². The third kappa shape index (κ3) is 4.60. The molecule has 1 saturated heterocycles. The van der Waals surface area contributed by atoms with Crippen molar-refractivity contribution in [1.29, 1.82) is 0 Å². The zero-order chi connectivity index (χ0) is 21.8. The predicted octanol–water partition coefficient (Wildman–Crippen LogP) is 3.61. The number of hydrogen-bond acceptors (Lipinski definition) is 8. The quantitative estimate of drug-likeness (QED) is 0.435. The fourth-order valence-electron chi connectivity index (χ4n) is 3.96. The SMILES string of the molecule is CO.Cc1cn2c(-c3cn[nH]c3)cnc2c(Nc2cc(CN3CCCCC3C)ns2)n1. The third-order valence-corrected chi connectivity index (χ3v) is 6.26. The molecule has 3 N–H and O–H groups in total. The molecular formula is C21H28N8OS. The summed E-state index contributed by atoms with van der Waals surface area (Å²) in [6.45, 7) is 6.37. The van der Waals surface area contributed by atoms with Gasteiger partial charge in [-0.2, -0.15) is 9.47 Å². The highest BCUT2D eigenvalue weighted by atomic mass is 32.1. The van der Waals surface area contributed by atoms with Crippen LogP contribution in [0.1, 0.15) is 37.6 Å². The number of likely N-dealkylation sites (tertiary alicyclic amines) is 1. The molecule has 0 radical (unpaired) electrons. The van der Waals surface area contributed by atoms with E-state index in [1.54, 1.807) is 6.20 Å². The number of piperidine rings is 1. The number of hydrogen-bond donors (Lipinski definition) is 3. The molecule has 0 aromatic carbocycles. The van der Waals surface area contributed by atoms with Crippen molar-refractivity contribution in [3.05, 3.63) is 42.2 Å². The van der Waals surface area contributed by atoms with E-state index in [9.17, 15) is 0 Å². The average molecular weight is 441 g/mol. The number of aromatic nitrogens is 6. The van der Waals surface area contributed by atoms with Gasteiger partial charge < -0.3 is 10.4 Å². The summed E-state index contributed by atoms with van der Waals surface area (Å²) in [6.07, 6.45) is 11.4. The molecule has 5 rings (SSSR count). The Morgan fingerprint density at radius 3 is 2.94 bits per heavy atom. The van der Waals surface area contributed by atoms with Crippen LogP contribution in [0.3, 0.4) is 0 Å². The van der Waals surface area contributed by atoms with Gasteiger partial charge >= 0.3 is 0 Å². The van der Waals surface area contributed by atoms with Crippen LogP contribution >= 0.6 is 11.5 Å². The lowest BCUT2D eigenvalue weighted by molar-refractivity contribution is 0.151. The van der Waals surface area contributed by atoms with Crippen LogP contribution in [-0.2, 0) is 6.54 Å². The van der Waals surface area contributed by atoms with E-state index in [1.165, 1.54) is 30.8 Å². The van der Waals surface area contributed by atoms with Gasteiger partial charge in [0.2, 0.25) is 0 Å². The van der Waals surface area contributed by atoms with Crippen molar-refractivity contribution in [3.8, 4) is 11.3 Å². The molecule has 1 aliphatic rings. The molecule has 1 unspecified atom stereocenters. The van der Waals surface area contributed by atoms with Crippen molar-refractivity contribution in [1.82, 2.24) is 33.8 Å². The van der Waals surface area contributed by atoms with Crippen LogP contribution in [0.25, 0.3) is 16.9 Å². The second-order valence-electron chi connectivity index (χ2n) is 7.68. The number of anilines is 2. The van der Waals surface area contributed by atoms with E-state index in [-0.39, 0.29) is 0 Å². The van der Waals surface area contributed by atoms with Gasteiger partial charge in [-0.3, -0.25) is 14.4 Å². The van der Waals surface area contributed by atoms with Crippen molar-refractivity contribution in [2.45, 2.75) is 45.7 Å². The highest BCUT2D eigenvalue weighted by molar-refractivity contribution is 7.10. The zero-order valence-electron chi connectivity index (χ0n) is 18.0. The maximum Gasteiger partial charge on any atom is 0.180 e. The van der Waals surface area contributed by atoms with Crippen LogP contribution in [0.15, 0.2) is 30.9 Å². The largest absolute Gasteiger partial charge is 0.400 e. The first-order valence-electron chi connectivity index (χ1n) is 10.4. The lowest BCUT2D eigenvalue weighted by atomic mass is 10.0. The minimum Gasteiger partial charge on any atom is -0.400 e. The minimum atomic E-state index is 0.631. The Kier molecular flexibility index (Phi) is 6.59. The number of imidazole rings is 1. The molecule has 10 heteroatoms. The van der Waals surface area contributed by atoms with Crippen LogP contribution in [0.2, 0.25) is 0 Å². The van der Waals surface area contributed by atoms with E-state index in [0.717, 1.165) is 59.3 Å². The number of fused-ring (bicyclic) bond motifs is 1. The Bertz CT molecular complexity index is 1120. The summed E-state index contributed by atoms with van der Waals surface area (Å²) < 4.78 is 6.71. The van der Waals surface area contributed by atoms with E-state index in [4.69, 9.17) is 5.11 Å². The van der Waals surface area contributed by atoms with E-state index >= 15 is 0 Å². The molecule has 0 bridgehead atoms. The lowest BCUT2D eigenvalue weighted by Gasteiger charge is -2.32. The summed E-state index contributed by atoms with van der Waals surface area (Å²) in [5.74, 6) is 0.737. The van der Waals surface area contributed by atoms with Crippen LogP contribution in [0.5, 0.6) is 0 Å². The molecule has 1 atom stereocenters. The van der Waals surface area contributed by atoms with Crippen molar-refractivity contribution >= 4 is 28.0 Å². The molecule has 0 aliphatic carbocycles. The molecule has 0 amide bonds. The first kappa shape index (κ1) is 21.4. The molecule has 5 heterocycles. The first-order valence-corrected chi connectivity index (χ1v) is 11.2.